The summed E-state index contributed by atoms with van der Waals surface area (Å²) in [6.45, 7) is 2.43. The van der Waals surface area contributed by atoms with Gasteiger partial charge in [-0.2, -0.15) is 0 Å². The Labute approximate surface area is 208 Å². The predicted octanol–water partition coefficient (Wildman–Crippen LogP) is 5.38. The number of rotatable bonds is 10. The quantitative estimate of drug-likeness (QED) is 0.387. The summed E-state index contributed by atoms with van der Waals surface area (Å²) in [5.74, 6) is 0.852. The summed E-state index contributed by atoms with van der Waals surface area (Å²) in [4.78, 5) is 28.1. The third-order valence-electron chi connectivity index (χ3n) is 5.40. The van der Waals surface area contributed by atoms with Crippen LogP contribution in [0.3, 0.4) is 0 Å². The van der Waals surface area contributed by atoms with Crippen LogP contribution in [0.1, 0.15) is 22.3 Å². The van der Waals surface area contributed by atoms with E-state index >= 15 is 0 Å². The van der Waals surface area contributed by atoms with Gasteiger partial charge in [0.2, 0.25) is 11.8 Å². The number of thioether (sulfide) groups is 1. The Balaban J connectivity index is 1.79. The minimum Gasteiger partial charge on any atom is -0.357 e. The molecular formula is C27H29BrN2O2S. The van der Waals surface area contributed by atoms with Crippen LogP contribution in [0, 0.1) is 6.92 Å². The number of carbonyl (C=O) groups is 2. The van der Waals surface area contributed by atoms with Gasteiger partial charge >= 0.3 is 0 Å². The molecule has 172 valence electrons. The molecule has 0 aliphatic carbocycles. The van der Waals surface area contributed by atoms with Crippen LogP contribution in [0.25, 0.3) is 0 Å². The monoisotopic (exact) mass is 524 g/mol. The molecule has 3 aromatic rings. The lowest BCUT2D eigenvalue weighted by Crippen LogP contribution is -2.50. The highest BCUT2D eigenvalue weighted by atomic mass is 79.9. The maximum atomic E-state index is 13.4. The fourth-order valence-electron chi connectivity index (χ4n) is 3.53. The molecule has 6 heteroatoms. The van der Waals surface area contributed by atoms with E-state index in [0.717, 1.165) is 32.5 Å². The molecule has 0 aromatic heterocycles. The van der Waals surface area contributed by atoms with E-state index in [1.807, 2.05) is 85.8 Å². The lowest BCUT2D eigenvalue weighted by molar-refractivity contribution is -0.139. The number of nitrogens with one attached hydrogen (secondary N) is 1. The Bertz CT molecular complexity index is 1040. The number of likely N-dealkylation sites (N-methyl/N-ethyl adjacent to an activating group) is 1. The number of hydrogen-bond donors (Lipinski definition) is 1. The fraction of sp³-hybridized carbons (Fsp3) is 0.259. The molecule has 3 rings (SSSR count). The normalized spacial score (nSPS) is 11.6. The van der Waals surface area contributed by atoms with E-state index in [-0.39, 0.29) is 11.8 Å². The standard InChI is InChI=1S/C27H29BrN2O2S/c1-20-8-10-22(11-9-20)17-30(25(27(32)29-2)16-21-6-4-3-5-7-21)26(31)19-33-18-23-12-14-24(28)15-13-23/h3-15,25H,16-19H2,1-2H3,(H,29,32)/t25-/m1/s1. The van der Waals surface area contributed by atoms with Crippen molar-refractivity contribution in [3.63, 3.8) is 0 Å². The Kier molecular flexibility index (Phi) is 9.58. The van der Waals surface area contributed by atoms with Crippen LogP contribution >= 0.6 is 27.7 Å². The first-order valence-electron chi connectivity index (χ1n) is 10.9. The molecule has 4 nitrogen and oxygen atoms in total. The molecule has 0 bridgehead atoms. The van der Waals surface area contributed by atoms with Crippen molar-refractivity contribution in [2.45, 2.75) is 31.7 Å². The first kappa shape index (κ1) is 25.1. The van der Waals surface area contributed by atoms with Gasteiger partial charge < -0.3 is 10.2 Å². The fourth-order valence-corrected chi connectivity index (χ4v) is 4.67. The molecule has 0 aliphatic heterocycles. The zero-order valence-corrected chi connectivity index (χ0v) is 21.4. The lowest BCUT2D eigenvalue weighted by Gasteiger charge is -2.31. The van der Waals surface area contributed by atoms with Crippen LogP contribution in [0.5, 0.6) is 0 Å². The summed E-state index contributed by atoms with van der Waals surface area (Å²) < 4.78 is 1.03. The molecule has 1 atom stereocenters. The van der Waals surface area contributed by atoms with Crippen LogP contribution in [0.15, 0.2) is 83.3 Å². The van der Waals surface area contributed by atoms with E-state index in [1.54, 1.807) is 23.7 Å². The summed E-state index contributed by atoms with van der Waals surface area (Å²) >= 11 is 5.02. The summed E-state index contributed by atoms with van der Waals surface area (Å²) in [7, 11) is 1.62. The highest BCUT2D eigenvalue weighted by molar-refractivity contribution is 9.10. The van der Waals surface area contributed by atoms with Crippen molar-refractivity contribution >= 4 is 39.5 Å². The van der Waals surface area contributed by atoms with Crippen LogP contribution in [-0.4, -0.2) is 35.6 Å². The van der Waals surface area contributed by atoms with Crippen molar-refractivity contribution in [3.05, 3.63) is 106 Å². The van der Waals surface area contributed by atoms with Crippen molar-refractivity contribution in [2.75, 3.05) is 12.8 Å². The summed E-state index contributed by atoms with van der Waals surface area (Å²) in [5, 5.41) is 2.76. The van der Waals surface area contributed by atoms with E-state index in [2.05, 4.69) is 21.2 Å². The number of hydrogen-bond acceptors (Lipinski definition) is 3. The van der Waals surface area contributed by atoms with Crippen LogP contribution in [0.2, 0.25) is 0 Å². The Morgan fingerprint density at radius 3 is 2.18 bits per heavy atom. The topological polar surface area (TPSA) is 49.4 Å². The highest BCUT2D eigenvalue weighted by Crippen LogP contribution is 2.20. The van der Waals surface area contributed by atoms with Crippen molar-refractivity contribution < 1.29 is 9.59 Å². The van der Waals surface area contributed by atoms with Crippen LogP contribution < -0.4 is 5.32 Å². The van der Waals surface area contributed by atoms with Crippen molar-refractivity contribution in [1.29, 1.82) is 0 Å². The summed E-state index contributed by atoms with van der Waals surface area (Å²) in [6.07, 6.45) is 0.468. The van der Waals surface area contributed by atoms with Gasteiger partial charge in [0.15, 0.2) is 0 Å². The average Bonchev–Trinajstić information content (AvgIpc) is 2.83. The largest absolute Gasteiger partial charge is 0.357 e. The first-order chi connectivity index (χ1) is 16.0. The van der Waals surface area contributed by atoms with E-state index < -0.39 is 6.04 Å². The van der Waals surface area contributed by atoms with Crippen molar-refractivity contribution in [1.82, 2.24) is 10.2 Å². The maximum absolute atomic E-state index is 13.4. The van der Waals surface area contributed by atoms with Gasteiger partial charge in [0.1, 0.15) is 6.04 Å². The third-order valence-corrected chi connectivity index (χ3v) is 6.92. The molecule has 0 spiro atoms. The third kappa shape index (κ3) is 7.76. The number of nitrogens with zero attached hydrogens (tertiary/aromatic N) is 1. The molecule has 0 fully saturated rings. The molecular weight excluding hydrogens is 496 g/mol. The Morgan fingerprint density at radius 2 is 1.55 bits per heavy atom. The van der Waals surface area contributed by atoms with Gasteiger partial charge in [-0.3, -0.25) is 9.59 Å². The molecule has 1 N–H and O–H groups in total. The number of aryl methyl sites for hydroxylation is 1. The van der Waals surface area contributed by atoms with Gasteiger partial charge in [0.05, 0.1) is 5.75 Å². The second-order valence-electron chi connectivity index (χ2n) is 7.95. The lowest BCUT2D eigenvalue weighted by atomic mass is 10.0. The second-order valence-corrected chi connectivity index (χ2v) is 9.85. The second kappa shape index (κ2) is 12.6. The molecule has 0 aliphatic rings. The molecule has 0 unspecified atom stereocenters. The van der Waals surface area contributed by atoms with E-state index in [0.29, 0.717) is 18.7 Å². The molecule has 0 saturated carbocycles. The Hall–Kier alpha value is -2.57. The minimum absolute atomic E-state index is 0.0396. The summed E-state index contributed by atoms with van der Waals surface area (Å²) in [6, 6.07) is 25.5. The zero-order valence-electron chi connectivity index (χ0n) is 19.0. The van der Waals surface area contributed by atoms with Gasteiger partial charge in [0, 0.05) is 30.2 Å². The van der Waals surface area contributed by atoms with Crippen LogP contribution in [0.4, 0.5) is 0 Å². The van der Waals surface area contributed by atoms with E-state index in [1.165, 1.54) is 0 Å². The number of benzene rings is 3. The van der Waals surface area contributed by atoms with Gasteiger partial charge in [-0.05, 0) is 35.7 Å². The van der Waals surface area contributed by atoms with Gasteiger partial charge in [-0.25, -0.2) is 0 Å². The molecule has 0 saturated heterocycles. The van der Waals surface area contributed by atoms with Gasteiger partial charge in [0.25, 0.3) is 0 Å². The molecule has 2 amide bonds. The molecule has 3 aromatic carbocycles. The van der Waals surface area contributed by atoms with Crippen molar-refractivity contribution in [3.8, 4) is 0 Å². The number of carbonyl (C=O) groups excluding carboxylic acids is 2. The number of halogens is 1. The van der Waals surface area contributed by atoms with Gasteiger partial charge in [-0.15, -0.1) is 11.8 Å². The SMILES string of the molecule is CNC(=O)[C@@H](Cc1ccccc1)N(Cc1ccc(C)cc1)C(=O)CSCc1ccc(Br)cc1. The highest BCUT2D eigenvalue weighted by Gasteiger charge is 2.29. The molecule has 33 heavy (non-hydrogen) atoms. The van der Waals surface area contributed by atoms with Gasteiger partial charge in [-0.1, -0.05) is 88.2 Å². The smallest absolute Gasteiger partial charge is 0.242 e. The average molecular weight is 526 g/mol. The number of amides is 2. The maximum Gasteiger partial charge on any atom is 0.242 e. The molecule has 0 heterocycles. The Morgan fingerprint density at radius 1 is 0.909 bits per heavy atom. The van der Waals surface area contributed by atoms with Crippen molar-refractivity contribution in [2.24, 2.45) is 0 Å². The summed E-state index contributed by atoms with van der Waals surface area (Å²) in [5.41, 5.74) is 4.35. The van der Waals surface area contributed by atoms with E-state index in [4.69, 9.17) is 0 Å². The van der Waals surface area contributed by atoms with Crippen LogP contribution in [-0.2, 0) is 28.3 Å². The minimum atomic E-state index is -0.584. The molecule has 0 radical (unpaired) electrons. The predicted molar refractivity (Wildman–Crippen MR) is 140 cm³/mol. The zero-order chi connectivity index (χ0) is 23.6. The first-order valence-corrected chi connectivity index (χ1v) is 12.8. The van der Waals surface area contributed by atoms with E-state index in [9.17, 15) is 9.59 Å².